The van der Waals surface area contributed by atoms with Gasteiger partial charge in [-0.1, -0.05) is 49.8 Å². The Morgan fingerprint density at radius 2 is 1.88 bits per heavy atom. The quantitative estimate of drug-likeness (QED) is 0.705. The van der Waals surface area contributed by atoms with E-state index < -0.39 is 0 Å². The molecular formula is C15H20O. The topological polar surface area (TPSA) is 20.2 Å². The molecule has 1 aromatic carbocycles. The van der Waals surface area contributed by atoms with Gasteiger partial charge in [0.05, 0.1) is 0 Å². The minimum absolute atomic E-state index is 0.351. The predicted molar refractivity (Wildman–Crippen MR) is 69.6 cm³/mol. The van der Waals surface area contributed by atoms with Gasteiger partial charge in [0, 0.05) is 0 Å². The monoisotopic (exact) mass is 216 g/mol. The van der Waals surface area contributed by atoms with Crippen molar-refractivity contribution >= 4 is 0 Å². The third-order valence-electron chi connectivity index (χ3n) is 2.35. The lowest BCUT2D eigenvalue weighted by molar-refractivity contribution is 0.474. The van der Waals surface area contributed by atoms with Gasteiger partial charge < -0.3 is 5.11 Å². The van der Waals surface area contributed by atoms with Gasteiger partial charge in [-0.05, 0) is 37.0 Å². The average molecular weight is 216 g/mol. The minimum Gasteiger partial charge on any atom is -0.508 e. The van der Waals surface area contributed by atoms with E-state index in [1.165, 1.54) is 12.0 Å². The number of aromatic hydroxyl groups is 1. The number of aryl methyl sites for hydroxylation is 1. The first kappa shape index (κ1) is 12.6. The third-order valence-corrected chi connectivity index (χ3v) is 2.35. The molecule has 0 bridgehead atoms. The fraction of sp³-hybridized carbons (Fsp3) is 0.333. The molecule has 0 radical (unpaired) electrons. The summed E-state index contributed by atoms with van der Waals surface area (Å²) in [5, 5.41) is 9.28. The number of allylic oxidation sites excluding steroid dienone is 4. The Morgan fingerprint density at radius 1 is 1.12 bits per heavy atom. The standard InChI is InChI=1S/C15H20O/c1-2-3-4-5-6-7-8-10-14-11-9-12-15(16)13-14/h4-7,9,11-13,16H,2-3,8,10H2,1H3/b5-4+,7-6+. The van der Waals surface area contributed by atoms with Crippen molar-refractivity contribution in [1.82, 2.24) is 0 Å². The fourth-order valence-electron chi connectivity index (χ4n) is 1.48. The molecule has 1 nitrogen and oxygen atoms in total. The normalized spacial score (nSPS) is 11.6. The van der Waals surface area contributed by atoms with Gasteiger partial charge in [0.2, 0.25) is 0 Å². The number of benzene rings is 1. The Balaban J connectivity index is 2.25. The van der Waals surface area contributed by atoms with Gasteiger partial charge in [-0.25, -0.2) is 0 Å². The summed E-state index contributed by atoms with van der Waals surface area (Å²) in [4.78, 5) is 0. The van der Waals surface area contributed by atoms with E-state index in [1.54, 1.807) is 6.07 Å². The van der Waals surface area contributed by atoms with Crippen molar-refractivity contribution in [3.05, 3.63) is 54.1 Å². The maximum absolute atomic E-state index is 9.28. The lowest BCUT2D eigenvalue weighted by atomic mass is 10.1. The van der Waals surface area contributed by atoms with Crippen LogP contribution in [-0.4, -0.2) is 5.11 Å². The summed E-state index contributed by atoms with van der Waals surface area (Å²) in [6, 6.07) is 7.45. The van der Waals surface area contributed by atoms with Gasteiger partial charge in [-0.2, -0.15) is 0 Å². The van der Waals surface area contributed by atoms with E-state index in [-0.39, 0.29) is 0 Å². The fourth-order valence-corrected chi connectivity index (χ4v) is 1.48. The van der Waals surface area contributed by atoms with E-state index in [0.29, 0.717) is 5.75 Å². The molecule has 1 aromatic rings. The number of phenols is 1. The van der Waals surface area contributed by atoms with Crippen LogP contribution in [0, 0.1) is 0 Å². The van der Waals surface area contributed by atoms with E-state index in [9.17, 15) is 5.11 Å². The Kier molecular flexibility index (Phi) is 6.09. The zero-order valence-corrected chi connectivity index (χ0v) is 9.89. The maximum atomic E-state index is 9.28. The molecule has 0 unspecified atom stereocenters. The molecule has 0 amide bonds. The molecule has 0 atom stereocenters. The van der Waals surface area contributed by atoms with E-state index in [1.807, 2.05) is 18.2 Å². The highest BCUT2D eigenvalue weighted by Gasteiger charge is 1.91. The van der Waals surface area contributed by atoms with Gasteiger partial charge >= 0.3 is 0 Å². The van der Waals surface area contributed by atoms with Crippen molar-refractivity contribution in [3.63, 3.8) is 0 Å². The maximum Gasteiger partial charge on any atom is 0.115 e. The molecule has 1 N–H and O–H groups in total. The molecule has 86 valence electrons. The van der Waals surface area contributed by atoms with E-state index >= 15 is 0 Å². The lowest BCUT2D eigenvalue weighted by Crippen LogP contribution is -1.81. The second-order valence-electron chi connectivity index (χ2n) is 3.85. The summed E-state index contributed by atoms with van der Waals surface area (Å²) >= 11 is 0. The van der Waals surface area contributed by atoms with Gasteiger partial charge in [-0.3, -0.25) is 0 Å². The van der Waals surface area contributed by atoms with Gasteiger partial charge in [0.25, 0.3) is 0 Å². The molecule has 0 spiro atoms. The number of hydrogen-bond acceptors (Lipinski definition) is 1. The van der Waals surface area contributed by atoms with E-state index in [0.717, 1.165) is 19.3 Å². The van der Waals surface area contributed by atoms with Crippen molar-refractivity contribution in [1.29, 1.82) is 0 Å². The van der Waals surface area contributed by atoms with Crippen LogP contribution in [0.25, 0.3) is 0 Å². The second-order valence-corrected chi connectivity index (χ2v) is 3.85. The van der Waals surface area contributed by atoms with E-state index in [2.05, 4.69) is 31.2 Å². The van der Waals surface area contributed by atoms with Gasteiger partial charge in [-0.15, -0.1) is 0 Å². The summed E-state index contributed by atoms with van der Waals surface area (Å²) in [5.74, 6) is 0.351. The summed E-state index contributed by atoms with van der Waals surface area (Å²) in [6.07, 6.45) is 12.9. The van der Waals surface area contributed by atoms with Crippen LogP contribution in [0.3, 0.4) is 0 Å². The molecule has 1 rings (SSSR count). The molecule has 0 saturated carbocycles. The molecule has 1 heteroatoms. The van der Waals surface area contributed by atoms with Crippen LogP contribution in [0.1, 0.15) is 31.7 Å². The number of phenolic OH excluding ortho intramolecular Hbond substituents is 1. The molecule has 0 saturated heterocycles. The first-order valence-corrected chi connectivity index (χ1v) is 5.92. The molecule has 0 aliphatic heterocycles. The van der Waals surface area contributed by atoms with Crippen molar-refractivity contribution in [2.75, 3.05) is 0 Å². The van der Waals surface area contributed by atoms with Crippen molar-refractivity contribution < 1.29 is 5.11 Å². The predicted octanol–water partition coefficient (Wildman–Crippen LogP) is 4.24. The molecule has 0 heterocycles. The Morgan fingerprint density at radius 3 is 2.56 bits per heavy atom. The molecule has 16 heavy (non-hydrogen) atoms. The van der Waals surface area contributed by atoms with E-state index in [4.69, 9.17) is 0 Å². The van der Waals surface area contributed by atoms with Crippen LogP contribution in [0.15, 0.2) is 48.6 Å². The van der Waals surface area contributed by atoms with Crippen LogP contribution in [0.5, 0.6) is 5.75 Å². The van der Waals surface area contributed by atoms with Crippen molar-refractivity contribution in [3.8, 4) is 5.75 Å². The minimum atomic E-state index is 0.351. The summed E-state index contributed by atoms with van der Waals surface area (Å²) in [7, 11) is 0. The second kappa shape index (κ2) is 7.75. The molecule has 0 fully saturated rings. The first-order valence-electron chi connectivity index (χ1n) is 5.92. The first-order chi connectivity index (χ1) is 7.83. The van der Waals surface area contributed by atoms with Crippen LogP contribution in [-0.2, 0) is 6.42 Å². The molecule has 0 aliphatic rings. The highest BCUT2D eigenvalue weighted by atomic mass is 16.3. The van der Waals surface area contributed by atoms with Crippen LogP contribution in [0.2, 0.25) is 0 Å². The SMILES string of the molecule is CCC/C=C/C=C/CCc1cccc(O)c1. The van der Waals surface area contributed by atoms with Gasteiger partial charge in [0.1, 0.15) is 5.75 Å². The van der Waals surface area contributed by atoms with Crippen LogP contribution >= 0.6 is 0 Å². The average Bonchev–Trinajstić information content (AvgIpc) is 2.28. The Labute approximate surface area is 98.1 Å². The van der Waals surface area contributed by atoms with Crippen LogP contribution < -0.4 is 0 Å². The zero-order valence-electron chi connectivity index (χ0n) is 9.89. The summed E-state index contributed by atoms with van der Waals surface area (Å²) in [6.45, 7) is 2.18. The highest BCUT2D eigenvalue weighted by molar-refractivity contribution is 5.27. The number of unbranched alkanes of at least 4 members (excludes halogenated alkanes) is 1. The molecule has 0 aliphatic carbocycles. The largest absolute Gasteiger partial charge is 0.508 e. The summed E-state index contributed by atoms with van der Waals surface area (Å²) in [5.41, 5.74) is 1.18. The lowest BCUT2D eigenvalue weighted by Gasteiger charge is -1.98. The number of hydrogen-bond donors (Lipinski definition) is 1. The zero-order chi connectivity index (χ0) is 11.6. The molecule has 0 aromatic heterocycles. The smallest absolute Gasteiger partial charge is 0.115 e. The number of rotatable bonds is 6. The van der Waals surface area contributed by atoms with Crippen LogP contribution in [0.4, 0.5) is 0 Å². The van der Waals surface area contributed by atoms with Crippen molar-refractivity contribution in [2.45, 2.75) is 32.6 Å². The highest BCUT2D eigenvalue weighted by Crippen LogP contribution is 2.12. The van der Waals surface area contributed by atoms with Gasteiger partial charge in [0.15, 0.2) is 0 Å². The third kappa shape index (κ3) is 5.40. The summed E-state index contributed by atoms with van der Waals surface area (Å²) < 4.78 is 0. The molecular weight excluding hydrogens is 196 g/mol. The Bertz CT molecular complexity index is 350. The Hall–Kier alpha value is -1.50. The van der Waals surface area contributed by atoms with Crippen molar-refractivity contribution in [2.24, 2.45) is 0 Å².